The van der Waals surface area contributed by atoms with Crippen LogP contribution >= 0.6 is 23.2 Å². The Bertz CT molecular complexity index is 1150. The van der Waals surface area contributed by atoms with Crippen LogP contribution in [0, 0.1) is 5.82 Å². The largest absolute Gasteiger partial charge is 0.479 e. The van der Waals surface area contributed by atoms with Gasteiger partial charge in [-0.3, -0.25) is 4.72 Å². The first-order chi connectivity index (χ1) is 13.1. The van der Waals surface area contributed by atoms with Gasteiger partial charge in [-0.1, -0.05) is 23.2 Å². The molecule has 0 saturated carbocycles. The van der Waals surface area contributed by atoms with Crippen LogP contribution in [-0.2, 0) is 16.6 Å². The van der Waals surface area contributed by atoms with E-state index in [4.69, 9.17) is 27.9 Å². The molecular formula is C16H12Cl2F3N3O3S. The van der Waals surface area contributed by atoms with Crippen LogP contribution in [0.3, 0.4) is 0 Å². The summed E-state index contributed by atoms with van der Waals surface area (Å²) in [5.41, 5.74) is -0.0892. The highest BCUT2D eigenvalue weighted by Crippen LogP contribution is 2.33. The maximum Gasteiger partial charge on any atom is 0.264 e. The van der Waals surface area contributed by atoms with E-state index in [-0.39, 0.29) is 32.4 Å². The average Bonchev–Trinajstić information content (AvgIpc) is 2.95. The van der Waals surface area contributed by atoms with Gasteiger partial charge in [0.25, 0.3) is 16.4 Å². The normalized spacial score (nSPS) is 12.0. The van der Waals surface area contributed by atoms with E-state index in [1.165, 1.54) is 25.3 Å². The van der Waals surface area contributed by atoms with Crippen LogP contribution in [0.2, 0.25) is 10.2 Å². The van der Waals surface area contributed by atoms with Crippen molar-refractivity contribution in [2.75, 3.05) is 11.8 Å². The molecule has 0 aliphatic heterocycles. The molecule has 0 aliphatic carbocycles. The number of pyridine rings is 1. The lowest BCUT2D eigenvalue weighted by Crippen LogP contribution is -2.14. The van der Waals surface area contributed by atoms with Crippen molar-refractivity contribution in [3.63, 3.8) is 0 Å². The number of rotatable bonds is 6. The van der Waals surface area contributed by atoms with Gasteiger partial charge in [0, 0.05) is 22.7 Å². The van der Waals surface area contributed by atoms with Crippen molar-refractivity contribution in [2.24, 2.45) is 0 Å². The van der Waals surface area contributed by atoms with Crippen LogP contribution in [0.1, 0.15) is 0 Å². The minimum Gasteiger partial charge on any atom is -0.479 e. The maximum absolute atomic E-state index is 13.7. The molecule has 0 fully saturated rings. The van der Waals surface area contributed by atoms with E-state index in [2.05, 4.69) is 9.71 Å². The molecule has 12 heteroatoms. The molecule has 1 N–H and O–H groups in total. The lowest BCUT2D eigenvalue weighted by molar-refractivity contribution is 0.128. The Morgan fingerprint density at radius 2 is 2.00 bits per heavy atom. The van der Waals surface area contributed by atoms with Crippen LogP contribution in [0.5, 0.6) is 5.88 Å². The summed E-state index contributed by atoms with van der Waals surface area (Å²) in [6.45, 7) is -0.729. The molecule has 0 aliphatic rings. The third-order valence-electron chi connectivity index (χ3n) is 3.77. The number of anilines is 1. The van der Waals surface area contributed by atoms with E-state index in [1.807, 2.05) is 0 Å². The minimum atomic E-state index is -4.32. The molecule has 0 unspecified atom stereocenters. The number of methoxy groups -OCH3 is 1. The second-order valence-electron chi connectivity index (χ2n) is 5.62. The summed E-state index contributed by atoms with van der Waals surface area (Å²) >= 11 is 11.5. The van der Waals surface area contributed by atoms with E-state index in [0.717, 1.165) is 16.8 Å². The van der Waals surface area contributed by atoms with Crippen molar-refractivity contribution in [2.45, 2.75) is 17.9 Å². The highest BCUT2D eigenvalue weighted by atomic mass is 35.5. The summed E-state index contributed by atoms with van der Waals surface area (Å²) in [6.07, 6.45) is -1.66. The molecule has 6 nitrogen and oxygen atoms in total. The molecule has 0 radical (unpaired) electrons. The van der Waals surface area contributed by atoms with Gasteiger partial charge in [0.2, 0.25) is 5.88 Å². The number of sulfonamides is 1. The van der Waals surface area contributed by atoms with Crippen LogP contribution in [-0.4, -0.2) is 31.5 Å². The third kappa shape index (κ3) is 3.98. The number of hydrogen-bond donors (Lipinski definition) is 1. The Labute approximate surface area is 167 Å². The number of nitrogens with zero attached hydrogens (tertiary/aromatic N) is 2. The fraction of sp³-hybridized carbons (Fsp3) is 0.188. The molecule has 150 valence electrons. The number of benzene rings is 1. The molecular weight excluding hydrogens is 442 g/mol. The molecule has 0 saturated heterocycles. The van der Waals surface area contributed by atoms with Crippen LogP contribution in [0.15, 0.2) is 35.4 Å². The van der Waals surface area contributed by atoms with Gasteiger partial charge in [-0.15, -0.1) is 0 Å². The molecule has 28 heavy (non-hydrogen) atoms. The van der Waals surface area contributed by atoms with Crippen molar-refractivity contribution < 1.29 is 26.3 Å². The fourth-order valence-corrected chi connectivity index (χ4v) is 4.20. The molecule has 2 heterocycles. The predicted octanol–water partition coefficient (Wildman–Crippen LogP) is 4.56. The van der Waals surface area contributed by atoms with Crippen LogP contribution < -0.4 is 9.46 Å². The summed E-state index contributed by atoms with van der Waals surface area (Å²) in [7, 11) is -3.12. The number of nitrogens with one attached hydrogen (secondary N) is 1. The molecule has 0 spiro atoms. The molecule has 0 bridgehead atoms. The summed E-state index contributed by atoms with van der Waals surface area (Å²) in [4.78, 5) is 3.31. The number of hydrogen-bond acceptors (Lipinski definition) is 4. The first kappa shape index (κ1) is 20.6. The van der Waals surface area contributed by atoms with Gasteiger partial charge in [-0.2, -0.15) is 4.98 Å². The molecule has 1 aromatic carbocycles. The zero-order valence-corrected chi connectivity index (χ0v) is 16.4. The number of aromatic nitrogens is 2. The van der Waals surface area contributed by atoms with Gasteiger partial charge >= 0.3 is 0 Å². The van der Waals surface area contributed by atoms with E-state index >= 15 is 0 Å². The minimum absolute atomic E-state index is 0.166. The van der Waals surface area contributed by atoms with Crippen molar-refractivity contribution in [1.82, 2.24) is 9.55 Å². The number of alkyl halides is 2. The Kier molecular flexibility index (Phi) is 5.64. The second kappa shape index (κ2) is 7.69. The third-order valence-corrected chi connectivity index (χ3v) is 5.66. The maximum atomic E-state index is 13.7. The fourth-order valence-electron chi connectivity index (χ4n) is 2.62. The predicted molar refractivity (Wildman–Crippen MR) is 99.5 cm³/mol. The molecule has 0 amide bonds. The zero-order valence-electron chi connectivity index (χ0n) is 14.1. The average molecular weight is 454 g/mol. The number of fused-ring (bicyclic) bond motifs is 1. The first-order valence-corrected chi connectivity index (χ1v) is 9.85. The molecule has 3 aromatic rings. The van der Waals surface area contributed by atoms with E-state index in [9.17, 15) is 21.6 Å². The van der Waals surface area contributed by atoms with E-state index in [0.29, 0.717) is 0 Å². The van der Waals surface area contributed by atoms with Gasteiger partial charge in [0.15, 0.2) is 11.0 Å². The number of ether oxygens (including phenoxy) is 1. The summed E-state index contributed by atoms with van der Waals surface area (Å²) in [5.74, 6) is -1.22. The Hall–Kier alpha value is -2.17. The van der Waals surface area contributed by atoms with Crippen molar-refractivity contribution in [3.05, 3.63) is 46.5 Å². The Morgan fingerprint density at radius 3 is 2.64 bits per heavy atom. The standard InChI is InChI=1S/C16H12Cl2F3N3O3S/c1-27-16-11(5-10(19)15(18)22-16)23-28(25,26)13-6-24(7-14(20)21)12-4-8(17)2-3-9(12)13/h2-6,14,23H,7H2,1H3. The Morgan fingerprint density at radius 1 is 1.29 bits per heavy atom. The van der Waals surface area contributed by atoms with Crippen molar-refractivity contribution in [1.29, 1.82) is 0 Å². The van der Waals surface area contributed by atoms with Gasteiger partial charge < -0.3 is 9.30 Å². The topological polar surface area (TPSA) is 73.2 Å². The van der Waals surface area contributed by atoms with Gasteiger partial charge in [0.05, 0.1) is 19.2 Å². The number of halogens is 5. The van der Waals surface area contributed by atoms with Gasteiger partial charge in [0.1, 0.15) is 10.6 Å². The smallest absolute Gasteiger partial charge is 0.264 e. The molecule has 2 aromatic heterocycles. The van der Waals surface area contributed by atoms with E-state index in [1.54, 1.807) is 0 Å². The summed E-state index contributed by atoms with van der Waals surface area (Å²) < 4.78 is 73.4. The van der Waals surface area contributed by atoms with Crippen LogP contribution in [0.4, 0.5) is 18.9 Å². The summed E-state index contributed by atoms with van der Waals surface area (Å²) in [6, 6.07) is 5.01. The Balaban J connectivity index is 2.12. The monoisotopic (exact) mass is 453 g/mol. The first-order valence-electron chi connectivity index (χ1n) is 7.61. The van der Waals surface area contributed by atoms with Gasteiger partial charge in [-0.05, 0) is 18.2 Å². The lowest BCUT2D eigenvalue weighted by Gasteiger charge is -2.11. The SMILES string of the molecule is COc1nc(Cl)c(F)cc1NS(=O)(=O)c1cn(CC(F)F)c2cc(Cl)ccc12. The van der Waals surface area contributed by atoms with Crippen LogP contribution in [0.25, 0.3) is 10.9 Å². The quantitative estimate of drug-likeness (QED) is 0.555. The summed E-state index contributed by atoms with van der Waals surface area (Å²) in [5, 5.41) is -0.0782. The highest BCUT2D eigenvalue weighted by Gasteiger charge is 2.25. The second-order valence-corrected chi connectivity index (χ2v) is 8.07. The van der Waals surface area contributed by atoms with E-state index < -0.39 is 34.0 Å². The molecule has 0 atom stereocenters. The van der Waals surface area contributed by atoms with Crippen molar-refractivity contribution in [3.8, 4) is 5.88 Å². The zero-order chi connectivity index (χ0) is 20.6. The van der Waals surface area contributed by atoms with Gasteiger partial charge in [-0.25, -0.2) is 21.6 Å². The van der Waals surface area contributed by atoms with Crippen molar-refractivity contribution >= 4 is 49.8 Å². The highest BCUT2D eigenvalue weighted by molar-refractivity contribution is 7.93. The lowest BCUT2D eigenvalue weighted by atomic mass is 10.2. The molecule has 3 rings (SSSR count).